The predicted octanol–water partition coefficient (Wildman–Crippen LogP) is 7.35. The predicted molar refractivity (Wildman–Crippen MR) is 166 cm³/mol. The van der Waals surface area contributed by atoms with E-state index in [1.807, 2.05) is 65.9 Å². The Morgan fingerprint density at radius 1 is 0.951 bits per heavy atom. The van der Waals surface area contributed by atoms with Crippen LogP contribution in [0.4, 0.5) is 0 Å². The molecule has 0 amide bonds. The average Bonchev–Trinajstić information content (AvgIpc) is 3.40. The number of hydrogen-bond donors (Lipinski definition) is 0. The van der Waals surface area contributed by atoms with Gasteiger partial charge in [-0.3, -0.25) is 14.0 Å². The van der Waals surface area contributed by atoms with Crippen LogP contribution in [0.25, 0.3) is 22.7 Å². The van der Waals surface area contributed by atoms with Crippen LogP contribution in [-0.4, -0.2) is 30.7 Å². The lowest BCUT2D eigenvalue weighted by Crippen LogP contribution is -2.43. The molecule has 41 heavy (non-hydrogen) atoms. The van der Waals surface area contributed by atoms with Crippen molar-refractivity contribution in [1.29, 1.82) is 0 Å². The van der Waals surface area contributed by atoms with Crippen LogP contribution in [0.2, 0.25) is 0 Å². The largest absolute Gasteiger partial charge is 0.293 e. The summed E-state index contributed by atoms with van der Waals surface area (Å²) in [6, 6.07) is 23.8. The van der Waals surface area contributed by atoms with Crippen molar-refractivity contribution in [3.05, 3.63) is 110 Å². The molecule has 0 bridgehead atoms. The van der Waals surface area contributed by atoms with Gasteiger partial charge >= 0.3 is 0 Å². The van der Waals surface area contributed by atoms with Crippen molar-refractivity contribution in [3.63, 3.8) is 0 Å². The Labute approximate surface area is 251 Å². The molecule has 8 heteroatoms. The smallest absolute Gasteiger partial charge is 0.263 e. The molecular weight excluding hydrogens is 596 g/mol. The highest BCUT2D eigenvalue weighted by atomic mass is 79.9. The molecule has 206 valence electrons. The van der Waals surface area contributed by atoms with Crippen molar-refractivity contribution < 1.29 is 4.79 Å². The van der Waals surface area contributed by atoms with Crippen LogP contribution in [0.5, 0.6) is 0 Å². The summed E-state index contributed by atoms with van der Waals surface area (Å²) in [5.74, 6) is 0.705. The number of carbonyl (C=O) groups is 1. The molecule has 0 unspecified atom stereocenters. The van der Waals surface area contributed by atoms with E-state index in [1.54, 1.807) is 4.57 Å². The molecule has 1 spiro atoms. The molecule has 2 aliphatic carbocycles. The number of nitrogens with zero attached hydrogens (tertiary/aromatic N) is 4. The third-order valence-corrected chi connectivity index (χ3v) is 10.1. The van der Waals surface area contributed by atoms with E-state index in [9.17, 15) is 9.59 Å². The monoisotopic (exact) mass is 624 g/mol. The second-order valence-corrected chi connectivity index (χ2v) is 13.1. The van der Waals surface area contributed by atoms with Gasteiger partial charge in [-0.2, -0.15) is 0 Å². The average molecular weight is 626 g/mol. The van der Waals surface area contributed by atoms with Crippen LogP contribution in [-0.2, 0) is 11.8 Å². The van der Waals surface area contributed by atoms with Gasteiger partial charge in [0, 0.05) is 26.6 Å². The molecule has 0 N–H and O–H groups in total. The van der Waals surface area contributed by atoms with Crippen LogP contribution in [0.15, 0.2) is 87.2 Å². The first kappa shape index (κ1) is 26.4. The van der Waals surface area contributed by atoms with Gasteiger partial charge in [0.2, 0.25) is 5.78 Å². The minimum absolute atomic E-state index is 0.0114. The molecule has 2 aromatic heterocycles. The second kappa shape index (κ2) is 10.4. The summed E-state index contributed by atoms with van der Waals surface area (Å²) < 4.78 is 4.71. The van der Waals surface area contributed by atoms with Crippen molar-refractivity contribution in [3.8, 4) is 16.9 Å². The third kappa shape index (κ3) is 4.48. The SMILES string of the molecule is Cc1ccc(-n2c(=O)c3c(n4c(SCC(=O)c5ccc(Br)cc5)nnc24)-c2ccccc2CC32CCCCC2)cc1. The maximum Gasteiger partial charge on any atom is 0.263 e. The molecular formula is C33H29BrN4O2S. The maximum atomic E-state index is 14.7. The summed E-state index contributed by atoms with van der Waals surface area (Å²) in [5, 5.41) is 9.80. The number of thioether (sulfide) groups is 1. The van der Waals surface area contributed by atoms with E-state index in [1.165, 1.54) is 23.7 Å². The Morgan fingerprint density at radius 3 is 2.44 bits per heavy atom. The van der Waals surface area contributed by atoms with Crippen molar-refractivity contribution in [2.45, 2.75) is 56.0 Å². The Morgan fingerprint density at radius 2 is 1.68 bits per heavy atom. The Hall–Kier alpha value is -3.49. The standard InChI is InChI=1S/C33H29BrN4O2S/c1-21-9-15-25(16-10-21)37-30(40)28-29(26-8-4-3-7-23(26)19-33(28)17-5-2-6-18-33)38-31(37)35-36-32(38)41-20-27(39)22-11-13-24(34)14-12-22/h3-4,7-16H,2,5-6,17-20H2,1H3. The van der Waals surface area contributed by atoms with Crippen molar-refractivity contribution in [1.82, 2.24) is 19.2 Å². The quantitative estimate of drug-likeness (QED) is 0.151. The molecule has 5 aromatic rings. The summed E-state index contributed by atoms with van der Waals surface area (Å²) in [7, 11) is 0. The summed E-state index contributed by atoms with van der Waals surface area (Å²) >= 11 is 4.81. The Bertz CT molecular complexity index is 1850. The van der Waals surface area contributed by atoms with Gasteiger partial charge in [0.05, 0.1) is 17.1 Å². The van der Waals surface area contributed by atoms with Crippen LogP contribution in [0, 0.1) is 6.92 Å². The second-order valence-electron chi connectivity index (χ2n) is 11.2. The number of benzene rings is 3. The van der Waals surface area contributed by atoms with Crippen LogP contribution in [0.3, 0.4) is 0 Å². The van der Waals surface area contributed by atoms with E-state index in [-0.39, 0.29) is 22.5 Å². The third-order valence-electron chi connectivity index (χ3n) is 8.63. The molecule has 0 aliphatic heterocycles. The topological polar surface area (TPSA) is 69.3 Å². The van der Waals surface area contributed by atoms with Gasteiger partial charge in [-0.05, 0) is 56.0 Å². The fraction of sp³-hybridized carbons (Fsp3) is 0.273. The van der Waals surface area contributed by atoms with Crippen molar-refractivity contribution in [2.24, 2.45) is 0 Å². The molecule has 1 saturated carbocycles. The van der Waals surface area contributed by atoms with Crippen molar-refractivity contribution >= 4 is 39.3 Å². The molecule has 0 saturated heterocycles. The molecule has 0 radical (unpaired) electrons. The number of hydrogen-bond acceptors (Lipinski definition) is 5. The summed E-state index contributed by atoms with van der Waals surface area (Å²) in [5.41, 5.74) is 6.36. The lowest BCUT2D eigenvalue weighted by atomic mass is 9.62. The highest BCUT2D eigenvalue weighted by molar-refractivity contribution is 9.10. The Kier molecular flexibility index (Phi) is 6.70. The molecule has 2 aliphatic rings. The van der Waals surface area contributed by atoms with Crippen molar-refractivity contribution in [2.75, 3.05) is 5.75 Å². The lowest BCUT2D eigenvalue weighted by molar-refractivity contribution is 0.102. The number of rotatable bonds is 5. The zero-order chi connectivity index (χ0) is 28.1. The van der Waals surface area contributed by atoms with Gasteiger partial charge in [-0.15, -0.1) is 10.2 Å². The van der Waals surface area contributed by atoms with Gasteiger partial charge in [-0.25, -0.2) is 4.57 Å². The lowest BCUT2D eigenvalue weighted by Gasteiger charge is -2.42. The highest BCUT2D eigenvalue weighted by Gasteiger charge is 2.44. The minimum Gasteiger partial charge on any atom is -0.293 e. The molecule has 6 nitrogen and oxygen atoms in total. The highest BCUT2D eigenvalue weighted by Crippen LogP contribution is 2.49. The number of Topliss-reactive ketones (excluding diaryl/α,β-unsaturated/α-hetero) is 1. The number of aryl methyl sites for hydroxylation is 1. The fourth-order valence-corrected chi connectivity index (χ4v) is 7.73. The summed E-state index contributed by atoms with van der Waals surface area (Å²) in [6.45, 7) is 2.04. The first-order valence-corrected chi connectivity index (χ1v) is 15.8. The van der Waals surface area contributed by atoms with E-state index in [0.29, 0.717) is 16.5 Å². The first-order valence-electron chi connectivity index (χ1n) is 14.1. The van der Waals surface area contributed by atoms with Crippen LogP contribution < -0.4 is 5.56 Å². The summed E-state index contributed by atoms with van der Waals surface area (Å²) in [4.78, 5) is 27.8. The number of carbonyl (C=O) groups excluding carboxylic acids is 1. The zero-order valence-electron chi connectivity index (χ0n) is 22.8. The number of halogens is 1. The molecule has 0 atom stereocenters. The maximum absolute atomic E-state index is 14.7. The fourth-order valence-electron chi connectivity index (χ4n) is 6.63. The van der Waals surface area contributed by atoms with Gasteiger partial charge in [-0.1, -0.05) is 101 Å². The van der Waals surface area contributed by atoms with E-state index >= 15 is 0 Å². The summed E-state index contributed by atoms with van der Waals surface area (Å²) in [6.07, 6.45) is 6.23. The first-order chi connectivity index (χ1) is 19.9. The van der Waals surface area contributed by atoms with Gasteiger partial charge in [0.15, 0.2) is 10.9 Å². The number of fused-ring (bicyclic) bond motifs is 6. The van der Waals surface area contributed by atoms with Crippen LogP contribution >= 0.6 is 27.7 Å². The van der Waals surface area contributed by atoms with E-state index < -0.39 is 0 Å². The normalized spacial score (nSPS) is 15.6. The van der Waals surface area contributed by atoms with Gasteiger partial charge in [0.1, 0.15) is 0 Å². The van der Waals surface area contributed by atoms with E-state index in [4.69, 9.17) is 0 Å². The zero-order valence-corrected chi connectivity index (χ0v) is 25.2. The van der Waals surface area contributed by atoms with Crippen LogP contribution in [0.1, 0.15) is 59.2 Å². The Balaban J connectivity index is 1.47. The number of ketones is 1. The van der Waals surface area contributed by atoms with E-state index in [0.717, 1.165) is 64.6 Å². The molecule has 3 aromatic carbocycles. The molecule has 1 fully saturated rings. The van der Waals surface area contributed by atoms with Gasteiger partial charge in [0.25, 0.3) is 5.56 Å². The molecule has 2 heterocycles. The number of aromatic nitrogens is 4. The van der Waals surface area contributed by atoms with E-state index in [2.05, 4.69) is 44.3 Å². The molecule has 7 rings (SSSR count). The minimum atomic E-state index is -0.237. The van der Waals surface area contributed by atoms with Gasteiger partial charge < -0.3 is 0 Å².